The number of anilines is 2. The van der Waals surface area contributed by atoms with Crippen molar-refractivity contribution in [1.82, 2.24) is 4.83 Å². The van der Waals surface area contributed by atoms with Crippen LogP contribution in [0.25, 0.3) is 65.7 Å². The van der Waals surface area contributed by atoms with Gasteiger partial charge in [0.2, 0.25) is 0 Å². The molecule has 0 saturated carbocycles. The summed E-state index contributed by atoms with van der Waals surface area (Å²) in [6, 6.07) is 67.7. The maximum Gasteiger partial charge on any atom is 0.303 e. The van der Waals surface area contributed by atoms with Gasteiger partial charge in [-0.3, -0.25) is 9.84 Å². The minimum absolute atomic E-state index is 0.0147. The summed E-state index contributed by atoms with van der Waals surface area (Å²) in [4.78, 5) is 2.70. The first-order valence-electron chi connectivity index (χ1n) is 18.3. The standard InChI is InChI=1S/C48H30B2N2/c1-3-15-31(16-4-1)34-19-7-8-20-35(34)32-29-42-39-24-13-14-26-43(39)50-47(42)45(30-32)51-44-28-27-41-38-23-10-9-21-36(38)37-22-11-12-25-40(37)46(41)48(44)49(52(50)51)33-17-5-2-6-18-33/h1-30H. The molecular formula is C48H30B2N2. The van der Waals surface area contributed by atoms with Crippen molar-refractivity contribution >= 4 is 79.2 Å². The third-order valence-corrected chi connectivity index (χ3v) is 11.8. The van der Waals surface area contributed by atoms with Crippen molar-refractivity contribution < 1.29 is 0 Å². The summed E-state index contributed by atoms with van der Waals surface area (Å²) < 4.78 is 0. The lowest BCUT2D eigenvalue weighted by molar-refractivity contribution is 0.720. The number of rotatable bonds is 3. The van der Waals surface area contributed by atoms with Crippen molar-refractivity contribution in [1.29, 1.82) is 0 Å². The quantitative estimate of drug-likeness (QED) is 0.138. The Labute approximate surface area is 303 Å². The maximum absolute atomic E-state index is 2.70. The van der Waals surface area contributed by atoms with E-state index in [1.54, 1.807) is 0 Å². The molecule has 3 aliphatic rings. The molecule has 0 fully saturated rings. The molecule has 3 heterocycles. The molecule has 4 heteroatoms. The normalized spacial score (nSPS) is 14.0. The average molecular weight is 656 g/mol. The first-order valence-corrected chi connectivity index (χ1v) is 18.3. The monoisotopic (exact) mass is 656 g/mol. The first-order chi connectivity index (χ1) is 25.8. The number of benzene rings is 9. The topological polar surface area (TPSA) is 6.48 Å². The van der Waals surface area contributed by atoms with Gasteiger partial charge in [0.15, 0.2) is 0 Å². The van der Waals surface area contributed by atoms with Crippen LogP contribution in [-0.4, -0.2) is 18.5 Å². The van der Waals surface area contributed by atoms with Crippen molar-refractivity contribution in [2.45, 2.75) is 0 Å². The molecule has 0 saturated heterocycles. The third-order valence-electron chi connectivity index (χ3n) is 11.8. The molecule has 0 N–H and O–H groups in total. The lowest BCUT2D eigenvalue weighted by Gasteiger charge is -2.31. The Kier molecular flexibility index (Phi) is 5.77. The van der Waals surface area contributed by atoms with Crippen molar-refractivity contribution in [2.24, 2.45) is 0 Å². The fraction of sp³-hybridized carbons (Fsp3) is 0. The van der Waals surface area contributed by atoms with Crippen molar-refractivity contribution in [3.8, 4) is 33.4 Å². The van der Waals surface area contributed by atoms with E-state index in [9.17, 15) is 0 Å². The van der Waals surface area contributed by atoms with Gasteiger partial charge in [0.1, 0.15) is 0 Å². The Morgan fingerprint density at radius 2 is 0.904 bits per heavy atom. The Morgan fingerprint density at radius 3 is 1.63 bits per heavy atom. The van der Waals surface area contributed by atoms with Gasteiger partial charge in [0, 0.05) is 0 Å². The van der Waals surface area contributed by atoms with E-state index in [1.807, 2.05) is 0 Å². The van der Waals surface area contributed by atoms with E-state index in [1.165, 1.54) is 98.9 Å². The minimum atomic E-state index is 0.0147. The molecule has 52 heavy (non-hydrogen) atoms. The Bertz CT molecular complexity index is 2900. The van der Waals surface area contributed by atoms with Gasteiger partial charge >= 0.3 is 13.7 Å². The number of hydrazine groups is 1. The summed E-state index contributed by atoms with van der Waals surface area (Å²) >= 11 is 0. The van der Waals surface area contributed by atoms with Crippen LogP contribution in [0.15, 0.2) is 182 Å². The van der Waals surface area contributed by atoms with Gasteiger partial charge in [0.05, 0.1) is 11.4 Å². The third kappa shape index (κ3) is 3.69. The lowest BCUT2D eigenvalue weighted by atomic mass is 9.40. The second kappa shape index (κ2) is 10.6. The van der Waals surface area contributed by atoms with Crippen molar-refractivity contribution in [3.05, 3.63) is 182 Å². The van der Waals surface area contributed by atoms with Crippen molar-refractivity contribution in [2.75, 3.05) is 5.01 Å². The number of hydrogen-bond acceptors (Lipinski definition) is 2. The Balaban J connectivity index is 1.20. The smallest absolute Gasteiger partial charge is 0.295 e. The van der Waals surface area contributed by atoms with Gasteiger partial charge in [-0.1, -0.05) is 169 Å². The van der Waals surface area contributed by atoms with Gasteiger partial charge < -0.3 is 0 Å². The summed E-state index contributed by atoms with van der Waals surface area (Å²) in [5, 5.41) is 10.5. The second-order valence-corrected chi connectivity index (χ2v) is 14.4. The summed E-state index contributed by atoms with van der Waals surface area (Å²) in [6.45, 7) is 0.111. The highest BCUT2D eigenvalue weighted by atomic mass is 15.6. The fourth-order valence-corrected chi connectivity index (χ4v) is 9.81. The van der Waals surface area contributed by atoms with Crippen LogP contribution < -0.4 is 26.9 Å². The van der Waals surface area contributed by atoms with Crippen LogP contribution in [0, 0.1) is 0 Å². The molecule has 2 nitrogen and oxygen atoms in total. The first kappa shape index (κ1) is 28.4. The second-order valence-electron chi connectivity index (χ2n) is 14.4. The Morgan fingerprint density at radius 1 is 0.346 bits per heavy atom. The predicted molar refractivity (Wildman–Crippen MR) is 222 cm³/mol. The molecule has 0 aromatic heterocycles. The molecule has 0 aliphatic carbocycles. The average Bonchev–Trinajstić information content (AvgIpc) is 3.86. The van der Waals surface area contributed by atoms with E-state index in [2.05, 4.69) is 192 Å². The summed E-state index contributed by atoms with van der Waals surface area (Å²) in [5.41, 5.74) is 15.7. The van der Waals surface area contributed by atoms with E-state index in [4.69, 9.17) is 0 Å². The summed E-state index contributed by atoms with van der Waals surface area (Å²) in [6.07, 6.45) is 0. The SMILES string of the molecule is c1ccc(B2c3c(ccc4c5ccccc5c5ccccc5c34)N3c4cc(-c5ccccc5-c5ccccc5)cc5c4B(c4ccccc4-5)N23)cc1. The highest BCUT2D eigenvalue weighted by Gasteiger charge is 2.57. The molecule has 3 aliphatic heterocycles. The molecule has 9 aromatic carbocycles. The van der Waals surface area contributed by atoms with Gasteiger partial charge in [-0.05, 0) is 100 Å². The van der Waals surface area contributed by atoms with Gasteiger partial charge in [-0.2, -0.15) is 0 Å². The molecular weight excluding hydrogens is 626 g/mol. The molecule has 238 valence electrons. The zero-order chi connectivity index (χ0) is 33.9. The van der Waals surface area contributed by atoms with Gasteiger partial charge in [-0.25, -0.2) is 0 Å². The van der Waals surface area contributed by atoms with E-state index in [-0.39, 0.29) is 13.7 Å². The molecule has 0 spiro atoms. The fourth-order valence-electron chi connectivity index (χ4n) is 9.81. The van der Waals surface area contributed by atoms with Gasteiger partial charge in [0.25, 0.3) is 0 Å². The zero-order valence-corrected chi connectivity index (χ0v) is 28.4. The molecule has 9 aromatic rings. The van der Waals surface area contributed by atoms with E-state index in [0.29, 0.717) is 0 Å². The minimum Gasteiger partial charge on any atom is -0.295 e. The Hall–Kier alpha value is -6.35. The van der Waals surface area contributed by atoms with Crippen LogP contribution in [0.1, 0.15) is 0 Å². The van der Waals surface area contributed by atoms with Crippen LogP contribution >= 0.6 is 0 Å². The van der Waals surface area contributed by atoms with Crippen LogP contribution in [-0.2, 0) is 0 Å². The number of hydrogen-bond donors (Lipinski definition) is 0. The van der Waals surface area contributed by atoms with Crippen LogP contribution in [0.2, 0.25) is 0 Å². The zero-order valence-electron chi connectivity index (χ0n) is 28.4. The highest BCUT2D eigenvalue weighted by molar-refractivity contribution is 7.03. The van der Waals surface area contributed by atoms with Crippen LogP contribution in [0.5, 0.6) is 0 Å². The predicted octanol–water partition coefficient (Wildman–Crippen LogP) is 9.05. The van der Waals surface area contributed by atoms with E-state index < -0.39 is 0 Å². The summed E-state index contributed by atoms with van der Waals surface area (Å²) in [7, 11) is 0. The number of nitrogens with zero attached hydrogens (tertiary/aromatic N) is 2. The van der Waals surface area contributed by atoms with Gasteiger partial charge in [-0.15, -0.1) is 0 Å². The van der Waals surface area contributed by atoms with E-state index in [0.717, 1.165) is 0 Å². The summed E-state index contributed by atoms with van der Waals surface area (Å²) in [5.74, 6) is 0. The molecule has 0 amide bonds. The molecule has 12 rings (SSSR count). The van der Waals surface area contributed by atoms with Crippen molar-refractivity contribution in [3.63, 3.8) is 0 Å². The van der Waals surface area contributed by atoms with E-state index >= 15 is 0 Å². The number of fused-ring (bicyclic) bond motifs is 15. The molecule has 0 radical (unpaired) electrons. The largest absolute Gasteiger partial charge is 0.303 e. The molecule has 0 atom stereocenters. The highest BCUT2D eigenvalue weighted by Crippen LogP contribution is 2.47. The molecule has 0 bridgehead atoms. The molecule has 0 unspecified atom stereocenters. The maximum atomic E-state index is 2.70. The lowest BCUT2D eigenvalue weighted by Crippen LogP contribution is -2.63. The van der Waals surface area contributed by atoms with Crippen LogP contribution in [0.4, 0.5) is 11.4 Å². The van der Waals surface area contributed by atoms with Crippen LogP contribution in [0.3, 0.4) is 0 Å².